The van der Waals surface area contributed by atoms with Crippen LogP contribution in [0.4, 0.5) is 0 Å². The Morgan fingerprint density at radius 3 is 2.20 bits per heavy atom. The second-order valence-electron chi connectivity index (χ2n) is 4.32. The standard InChI is InChI=1S/C8H15NS/c1-7(9)2-3-8(4-7)5-10-6-8/h2-6,9H2,1H3. The smallest absolute Gasteiger partial charge is 0.0132 e. The molecule has 0 aromatic rings. The Bertz CT molecular complexity index is 149. The molecule has 0 aromatic carbocycles. The number of nitrogens with two attached hydrogens (primary N) is 1. The van der Waals surface area contributed by atoms with Crippen LogP contribution in [0.2, 0.25) is 0 Å². The molecule has 58 valence electrons. The summed E-state index contributed by atoms with van der Waals surface area (Å²) in [7, 11) is 0. The van der Waals surface area contributed by atoms with Crippen molar-refractivity contribution in [2.24, 2.45) is 11.1 Å². The third-order valence-corrected chi connectivity index (χ3v) is 4.45. The number of hydrogen-bond acceptors (Lipinski definition) is 2. The molecule has 2 fully saturated rings. The van der Waals surface area contributed by atoms with Gasteiger partial charge in [0, 0.05) is 5.54 Å². The van der Waals surface area contributed by atoms with Crippen LogP contribution in [0.3, 0.4) is 0 Å². The van der Waals surface area contributed by atoms with E-state index in [2.05, 4.69) is 18.7 Å². The summed E-state index contributed by atoms with van der Waals surface area (Å²) in [6.45, 7) is 2.20. The Morgan fingerprint density at radius 1 is 1.30 bits per heavy atom. The van der Waals surface area contributed by atoms with E-state index in [0.717, 1.165) is 0 Å². The first-order chi connectivity index (χ1) is 4.62. The molecule has 0 bridgehead atoms. The second-order valence-corrected chi connectivity index (χ2v) is 5.31. The minimum absolute atomic E-state index is 0.168. The summed E-state index contributed by atoms with van der Waals surface area (Å²) in [6.07, 6.45) is 3.90. The first-order valence-corrected chi connectivity index (χ1v) is 5.14. The first-order valence-electron chi connectivity index (χ1n) is 3.99. The Morgan fingerprint density at radius 2 is 2.00 bits per heavy atom. The van der Waals surface area contributed by atoms with Gasteiger partial charge in [0.2, 0.25) is 0 Å². The molecule has 1 spiro atoms. The van der Waals surface area contributed by atoms with Gasteiger partial charge in [0.05, 0.1) is 0 Å². The van der Waals surface area contributed by atoms with Crippen LogP contribution in [0, 0.1) is 5.41 Å². The third-order valence-electron chi connectivity index (χ3n) is 2.82. The molecule has 1 atom stereocenters. The van der Waals surface area contributed by atoms with Gasteiger partial charge in [-0.2, -0.15) is 11.8 Å². The molecule has 2 aliphatic rings. The zero-order valence-corrected chi connectivity index (χ0v) is 7.34. The van der Waals surface area contributed by atoms with Crippen LogP contribution in [-0.2, 0) is 0 Å². The van der Waals surface area contributed by atoms with Crippen LogP contribution >= 0.6 is 11.8 Å². The summed E-state index contributed by atoms with van der Waals surface area (Å²) < 4.78 is 0. The zero-order chi connectivity index (χ0) is 7.24. The lowest BCUT2D eigenvalue weighted by atomic mass is 9.87. The van der Waals surface area contributed by atoms with Gasteiger partial charge in [0.25, 0.3) is 0 Å². The van der Waals surface area contributed by atoms with E-state index in [9.17, 15) is 0 Å². The van der Waals surface area contributed by atoms with Crippen LogP contribution < -0.4 is 5.73 Å². The van der Waals surface area contributed by atoms with Crippen molar-refractivity contribution in [3.05, 3.63) is 0 Å². The van der Waals surface area contributed by atoms with E-state index >= 15 is 0 Å². The van der Waals surface area contributed by atoms with E-state index in [1.807, 2.05) is 0 Å². The van der Waals surface area contributed by atoms with Crippen molar-refractivity contribution >= 4 is 11.8 Å². The zero-order valence-electron chi connectivity index (χ0n) is 6.52. The molecule has 1 saturated heterocycles. The van der Waals surface area contributed by atoms with Crippen LogP contribution in [0.1, 0.15) is 26.2 Å². The minimum atomic E-state index is 0.168. The highest BCUT2D eigenvalue weighted by Crippen LogP contribution is 2.52. The van der Waals surface area contributed by atoms with Gasteiger partial charge in [0.1, 0.15) is 0 Å². The largest absolute Gasteiger partial charge is 0.325 e. The normalized spacial score (nSPS) is 43.8. The Balaban J connectivity index is 2.05. The van der Waals surface area contributed by atoms with Crippen LogP contribution in [0.25, 0.3) is 0 Å². The Labute approximate surface area is 66.7 Å². The average Bonchev–Trinajstić information content (AvgIpc) is 2.04. The monoisotopic (exact) mass is 157 g/mol. The summed E-state index contributed by atoms with van der Waals surface area (Å²) in [5, 5.41) is 0. The number of thioether (sulfide) groups is 1. The molecule has 2 heteroatoms. The van der Waals surface area contributed by atoms with Gasteiger partial charge >= 0.3 is 0 Å². The third kappa shape index (κ3) is 0.978. The number of hydrogen-bond donors (Lipinski definition) is 1. The first kappa shape index (κ1) is 6.99. The number of rotatable bonds is 0. The molecule has 1 nitrogen and oxygen atoms in total. The van der Waals surface area contributed by atoms with Gasteiger partial charge in [-0.15, -0.1) is 0 Å². The Kier molecular flexibility index (Phi) is 1.34. The topological polar surface area (TPSA) is 26.0 Å². The molecule has 1 heterocycles. The molecular weight excluding hydrogens is 142 g/mol. The average molecular weight is 157 g/mol. The molecular formula is C8H15NS. The predicted molar refractivity (Wildman–Crippen MR) is 46.2 cm³/mol. The van der Waals surface area contributed by atoms with Crippen molar-refractivity contribution in [2.75, 3.05) is 11.5 Å². The highest BCUT2D eigenvalue weighted by atomic mass is 32.2. The molecule has 0 radical (unpaired) electrons. The maximum Gasteiger partial charge on any atom is 0.0132 e. The van der Waals surface area contributed by atoms with Gasteiger partial charge < -0.3 is 5.73 Å². The van der Waals surface area contributed by atoms with Crippen molar-refractivity contribution in [2.45, 2.75) is 31.7 Å². The fourth-order valence-corrected chi connectivity index (χ4v) is 3.50. The minimum Gasteiger partial charge on any atom is -0.325 e. The van der Waals surface area contributed by atoms with Crippen LogP contribution in [-0.4, -0.2) is 17.0 Å². The molecule has 2 N–H and O–H groups in total. The lowest BCUT2D eigenvalue weighted by Gasteiger charge is -2.38. The summed E-state index contributed by atoms with van der Waals surface area (Å²) in [5.74, 6) is 2.75. The molecule has 0 amide bonds. The highest BCUT2D eigenvalue weighted by Gasteiger charge is 2.47. The van der Waals surface area contributed by atoms with Crippen molar-refractivity contribution in [3.8, 4) is 0 Å². The summed E-state index contributed by atoms with van der Waals surface area (Å²) in [4.78, 5) is 0. The van der Waals surface area contributed by atoms with E-state index in [-0.39, 0.29) is 5.54 Å². The fraction of sp³-hybridized carbons (Fsp3) is 1.00. The maximum atomic E-state index is 6.05. The molecule has 1 aliphatic carbocycles. The van der Waals surface area contributed by atoms with Crippen LogP contribution in [0.15, 0.2) is 0 Å². The lowest BCUT2D eigenvalue weighted by Crippen LogP contribution is -2.39. The summed E-state index contributed by atoms with van der Waals surface area (Å²) in [6, 6.07) is 0. The molecule has 2 rings (SSSR count). The van der Waals surface area contributed by atoms with Crippen molar-refractivity contribution in [1.82, 2.24) is 0 Å². The van der Waals surface area contributed by atoms with E-state index < -0.39 is 0 Å². The van der Waals surface area contributed by atoms with Gasteiger partial charge in [-0.1, -0.05) is 0 Å². The summed E-state index contributed by atoms with van der Waals surface area (Å²) in [5.41, 5.74) is 6.91. The maximum absolute atomic E-state index is 6.05. The van der Waals surface area contributed by atoms with E-state index in [1.165, 1.54) is 30.8 Å². The molecule has 1 unspecified atom stereocenters. The van der Waals surface area contributed by atoms with Gasteiger partial charge in [-0.25, -0.2) is 0 Å². The Hall–Kier alpha value is 0.310. The quantitative estimate of drug-likeness (QED) is 0.578. The van der Waals surface area contributed by atoms with E-state index in [0.29, 0.717) is 5.41 Å². The van der Waals surface area contributed by atoms with Crippen molar-refractivity contribution in [1.29, 1.82) is 0 Å². The fourth-order valence-electron chi connectivity index (χ4n) is 2.22. The van der Waals surface area contributed by atoms with Crippen molar-refractivity contribution < 1.29 is 0 Å². The lowest BCUT2D eigenvalue weighted by molar-refractivity contribution is 0.344. The molecule has 1 aliphatic heterocycles. The van der Waals surface area contributed by atoms with Gasteiger partial charge in [-0.05, 0) is 43.1 Å². The van der Waals surface area contributed by atoms with E-state index in [1.54, 1.807) is 0 Å². The van der Waals surface area contributed by atoms with E-state index in [4.69, 9.17) is 5.73 Å². The molecule has 0 aromatic heterocycles. The summed E-state index contributed by atoms with van der Waals surface area (Å²) >= 11 is 2.08. The predicted octanol–water partition coefficient (Wildman–Crippen LogP) is 1.62. The molecule has 10 heavy (non-hydrogen) atoms. The van der Waals surface area contributed by atoms with Crippen molar-refractivity contribution in [3.63, 3.8) is 0 Å². The van der Waals surface area contributed by atoms with Gasteiger partial charge in [-0.3, -0.25) is 0 Å². The SMILES string of the molecule is CC1(N)CCC2(CSC2)C1. The van der Waals surface area contributed by atoms with Crippen LogP contribution in [0.5, 0.6) is 0 Å². The highest BCUT2D eigenvalue weighted by molar-refractivity contribution is 8.00. The second kappa shape index (κ2) is 1.92. The molecule has 1 saturated carbocycles. The van der Waals surface area contributed by atoms with Gasteiger partial charge in [0.15, 0.2) is 0 Å².